The molecule has 80 valence electrons. The molecule has 16 heavy (non-hydrogen) atoms. The highest BCUT2D eigenvalue weighted by Gasteiger charge is 2.14. The number of nitrogens with zero attached hydrogens (tertiary/aromatic N) is 2. The molecule has 0 aliphatic heterocycles. The minimum atomic E-state index is 0.220. The van der Waals surface area contributed by atoms with Gasteiger partial charge in [-0.1, -0.05) is 0 Å². The monoisotopic (exact) mass is 314 g/mol. The third-order valence-corrected chi connectivity index (χ3v) is 4.15. The fourth-order valence-electron chi connectivity index (χ4n) is 1.44. The van der Waals surface area contributed by atoms with Gasteiger partial charge in [-0.25, -0.2) is 9.97 Å². The molecule has 0 aliphatic rings. The minimum Gasteiger partial charge on any atom is -0.463 e. The number of rotatable bonds is 1. The van der Waals surface area contributed by atoms with Gasteiger partial charge < -0.3 is 4.42 Å². The zero-order valence-corrected chi connectivity index (χ0v) is 10.9. The minimum absolute atomic E-state index is 0.220. The molecule has 0 radical (unpaired) electrons. The Labute approximate surface area is 108 Å². The summed E-state index contributed by atoms with van der Waals surface area (Å²) in [5.41, 5.74) is 1.55. The van der Waals surface area contributed by atoms with Gasteiger partial charge in [-0.15, -0.1) is 11.3 Å². The smallest absolute Gasteiger partial charge is 0.223 e. The van der Waals surface area contributed by atoms with Gasteiger partial charge in [0.05, 0.1) is 15.4 Å². The van der Waals surface area contributed by atoms with Crippen LogP contribution in [-0.2, 0) is 0 Å². The number of hydrogen-bond acceptors (Lipinski definition) is 4. The van der Waals surface area contributed by atoms with E-state index in [9.17, 15) is 0 Å². The first-order valence-electron chi connectivity index (χ1n) is 4.40. The standard InChI is InChI=1S/C10H4BrClN2OS/c11-5-4-16-9-7(5)13-10(12)14-8(9)6-2-1-3-15-6/h1-4H. The Bertz CT molecular complexity index is 650. The Morgan fingerprint density at radius 2 is 2.25 bits per heavy atom. The number of fused-ring (bicyclic) bond motifs is 1. The van der Waals surface area contributed by atoms with Crippen LogP contribution in [0, 0.1) is 0 Å². The summed E-state index contributed by atoms with van der Waals surface area (Å²) in [5.74, 6) is 0.698. The molecular weight excluding hydrogens is 312 g/mol. The van der Waals surface area contributed by atoms with Crippen LogP contribution in [0.3, 0.4) is 0 Å². The Kier molecular flexibility index (Phi) is 2.46. The molecule has 0 amide bonds. The van der Waals surface area contributed by atoms with Crippen LogP contribution >= 0.6 is 38.9 Å². The predicted octanol–water partition coefficient (Wildman–Crippen LogP) is 4.37. The second-order valence-electron chi connectivity index (χ2n) is 3.08. The van der Waals surface area contributed by atoms with Gasteiger partial charge in [-0.3, -0.25) is 0 Å². The first-order valence-corrected chi connectivity index (χ1v) is 6.45. The van der Waals surface area contributed by atoms with Crippen LogP contribution in [0.25, 0.3) is 21.7 Å². The van der Waals surface area contributed by atoms with E-state index >= 15 is 0 Å². The molecule has 0 N–H and O–H groups in total. The van der Waals surface area contributed by atoms with Gasteiger partial charge in [0.2, 0.25) is 5.28 Å². The molecule has 3 rings (SSSR count). The lowest BCUT2D eigenvalue weighted by Crippen LogP contribution is -1.87. The van der Waals surface area contributed by atoms with Gasteiger partial charge in [0, 0.05) is 5.38 Å². The zero-order valence-electron chi connectivity index (χ0n) is 7.78. The molecule has 0 saturated heterocycles. The number of aromatic nitrogens is 2. The largest absolute Gasteiger partial charge is 0.463 e. The van der Waals surface area contributed by atoms with E-state index in [0.29, 0.717) is 5.76 Å². The lowest BCUT2D eigenvalue weighted by molar-refractivity contribution is 0.580. The predicted molar refractivity (Wildman–Crippen MR) is 67.8 cm³/mol. The molecule has 3 heterocycles. The highest BCUT2D eigenvalue weighted by Crippen LogP contribution is 2.36. The summed E-state index contributed by atoms with van der Waals surface area (Å²) in [4.78, 5) is 8.39. The molecule has 0 spiro atoms. The Balaban J connectivity index is 2.39. The average molecular weight is 316 g/mol. The third kappa shape index (κ3) is 1.55. The van der Waals surface area contributed by atoms with Gasteiger partial charge in [0.15, 0.2) is 5.76 Å². The molecule has 0 fully saturated rings. The van der Waals surface area contributed by atoms with Crippen molar-refractivity contribution in [2.24, 2.45) is 0 Å². The summed E-state index contributed by atoms with van der Waals surface area (Å²) in [6.45, 7) is 0. The van der Waals surface area contributed by atoms with Crippen LogP contribution in [-0.4, -0.2) is 9.97 Å². The molecule has 3 aromatic heterocycles. The van der Waals surface area contributed by atoms with Crippen molar-refractivity contribution in [3.8, 4) is 11.5 Å². The Morgan fingerprint density at radius 1 is 1.38 bits per heavy atom. The molecule has 3 aromatic rings. The van der Waals surface area contributed by atoms with Crippen molar-refractivity contribution in [3.63, 3.8) is 0 Å². The van der Waals surface area contributed by atoms with Crippen LogP contribution in [0.1, 0.15) is 0 Å². The Hall–Kier alpha value is -0.910. The van der Waals surface area contributed by atoms with Crippen LogP contribution < -0.4 is 0 Å². The van der Waals surface area contributed by atoms with E-state index in [1.54, 1.807) is 17.6 Å². The van der Waals surface area contributed by atoms with Gasteiger partial charge in [0.25, 0.3) is 0 Å². The fraction of sp³-hybridized carbons (Fsp3) is 0. The number of furan rings is 1. The van der Waals surface area contributed by atoms with E-state index in [1.165, 1.54) is 0 Å². The van der Waals surface area contributed by atoms with Crippen LogP contribution in [0.15, 0.2) is 32.7 Å². The molecule has 0 atom stereocenters. The summed E-state index contributed by atoms with van der Waals surface area (Å²) < 4.78 is 7.22. The summed E-state index contributed by atoms with van der Waals surface area (Å²) in [6.07, 6.45) is 1.61. The molecule has 0 unspecified atom stereocenters. The molecular formula is C10H4BrClN2OS. The van der Waals surface area contributed by atoms with Gasteiger partial charge in [-0.05, 0) is 39.7 Å². The number of halogens is 2. The van der Waals surface area contributed by atoms with Crippen molar-refractivity contribution < 1.29 is 4.42 Å². The second kappa shape index (κ2) is 3.84. The molecule has 0 saturated carbocycles. The van der Waals surface area contributed by atoms with E-state index in [2.05, 4.69) is 25.9 Å². The van der Waals surface area contributed by atoms with Crippen LogP contribution in [0.4, 0.5) is 0 Å². The van der Waals surface area contributed by atoms with Crippen molar-refractivity contribution >= 4 is 49.1 Å². The van der Waals surface area contributed by atoms with Gasteiger partial charge in [-0.2, -0.15) is 0 Å². The molecule has 0 aliphatic carbocycles. The summed E-state index contributed by atoms with van der Waals surface area (Å²) >= 11 is 10.9. The summed E-state index contributed by atoms with van der Waals surface area (Å²) in [7, 11) is 0. The van der Waals surface area contributed by atoms with Crippen molar-refractivity contribution in [1.29, 1.82) is 0 Å². The van der Waals surface area contributed by atoms with Crippen molar-refractivity contribution in [2.45, 2.75) is 0 Å². The quantitative estimate of drug-likeness (QED) is 0.626. The van der Waals surface area contributed by atoms with E-state index in [0.717, 1.165) is 20.4 Å². The first kappa shape index (κ1) is 10.3. The van der Waals surface area contributed by atoms with Gasteiger partial charge >= 0.3 is 0 Å². The third-order valence-electron chi connectivity index (χ3n) is 2.10. The maximum absolute atomic E-state index is 5.89. The SMILES string of the molecule is Clc1nc(-c2ccco2)c2scc(Br)c2n1. The first-order chi connectivity index (χ1) is 7.75. The maximum atomic E-state index is 5.89. The van der Waals surface area contributed by atoms with E-state index in [4.69, 9.17) is 16.0 Å². The van der Waals surface area contributed by atoms with E-state index < -0.39 is 0 Å². The Morgan fingerprint density at radius 3 is 3.00 bits per heavy atom. The maximum Gasteiger partial charge on any atom is 0.223 e. The summed E-state index contributed by atoms with van der Waals surface area (Å²) in [5, 5.41) is 2.18. The average Bonchev–Trinajstić information content (AvgIpc) is 2.88. The van der Waals surface area contributed by atoms with Crippen LogP contribution in [0.2, 0.25) is 5.28 Å². The van der Waals surface area contributed by atoms with Crippen LogP contribution in [0.5, 0.6) is 0 Å². The topological polar surface area (TPSA) is 38.9 Å². The zero-order chi connectivity index (χ0) is 11.1. The molecule has 0 bridgehead atoms. The molecule has 3 nitrogen and oxygen atoms in total. The lowest BCUT2D eigenvalue weighted by Gasteiger charge is -1.99. The highest BCUT2D eigenvalue weighted by atomic mass is 79.9. The van der Waals surface area contributed by atoms with Crippen molar-refractivity contribution in [3.05, 3.63) is 33.5 Å². The molecule has 6 heteroatoms. The normalized spacial score (nSPS) is 11.1. The van der Waals surface area contributed by atoms with Crippen molar-refractivity contribution in [2.75, 3.05) is 0 Å². The summed E-state index contributed by atoms with van der Waals surface area (Å²) in [6, 6.07) is 3.67. The highest BCUT2D eigenvalue weighted by molar-refractivity contribution is 9.10. The van der Waals surface area contributed by atoms with Crippen molar-refractivity contribution in [1.82, 2.24) is 9.97 Å². The number of thiophene rings is 1. The van der Waals surface area contributed by atoms with E-state index in [-0.39, 0.29) is 5.28 Å². The fourth-order valence-corrected chi connectivity index (χ4v) is 3.17. The lowest BCUT2D eigenvalue weighted by atomic mass is 10.3. The number of hydrogen-bond donors (Lipinski definition) is 0. The molecule has 0 aromatic carbocycles. The van der Waals surface area contributed by atoms with E-state index in [1.807, 2.05) is 17.5 Å². The van der Waals surface area contributed by atoms with Gasteiger partial charge in [0.1, 0.15) is 11.2 Å². The second-order valence-corrected chi connectivity index (χ2v) is 5.15.